The van der Waals surface area contributed by atoms with Crippen molar-refractivity contribution >= 4 is 27.3 Å². The number of benzene rings is 2. The number of hydrogen-bond acceptors (Lipinski definition) is 2. The molecule has 0 fully saturated rings. The Hall–Kier alpha value is -2.24. The molecule has 118 valence electrons. The highest BCUT2D eigenvalue weighted by Crippen LogP contribution is 2.27. The molecule has 0 amide bonds. The molecule has 3 rings (SSSR count). The van der Waals surface area contributed by atoms with Crippen molar-refractivity contribution < 1.29 is 8.42 Å². The minimum atomic E-state index is -3.68. The van der Waals surface area contributed by atoms with Gasteiger partial charge in [-0.2, -0.15) is 0 Å². The summed E-state index contributed by atoms with van der Waals surface area (Å²) in [5, 5.41) is 0.344. The average Bonchev–Trinajstić information content (AvgIpc) is 3.04. The first-order valence-electron chi connectivity index (χ1n) is 6.98. The predicted molar refractivity (Wildman–Crippen MR) is 92.8 cm³/mol. The van der Waals surface area contributed by atoms with Crippen LogP contribution in [0.15, 0.2) is 71.9 Å². The third kappa shape index (κ3) is 3.41. The number of anilines is 1. The van der Waals surface area contributed by atoms with E-state index in [0.717, 1.165) is 11.3 Å². The van der Waals surface area contributed by atoms with Crippen LogP contribution in [0.3, 0.4) is 0 Å². The lowest BCUT2D eigenvalue weighted by Crippen LogP contribution is -2.13. The molecule has 0 saturated heterocycles. The van der Waals surface area contributed by atoms with Crippen molar-refractivity contribution in [1.82, 2.24) is 4.57 Å². The molecule has 0 saturated carbocycles. The van der Waals surface area contributed by atoms with Crippen LogP contribution < -0.4 is 4.72 Å². The Morgan fingerprint density at radius 1 is 1.00 bits per heavy atom. The average molecular weight is 347 g/mol. The number of sulfonamides is 1. The molecule has 0 aliphatic carbocycles. The highest BCUT2D eigenvalue weighted by atomic mass is 35.5. The van der Waals surface area contributed by atoms with Gasteiger partial charge in [0.15, 0.2) is 0 Å². The molecular weight excluding hydrogens is 332 g/mol. The van der Waals surface area contributed by atoms with Gasteiger partial charge in [0.25, 0.3) is 10.0 Å². The van der Waals surface area contributed by atoms with Crippen molar-refractivity contribution in [3.8, 4) is 5.69 Å². The molecule has 0 bridgehead atoms. The number of nitrogens with one attached hydrogen (secondary N) is 1. The van der Waals surface area contributed by atoms with E-state index in [0.29, 0.717) is 10.7 Å². The van der Waals surface area contributed by atoms with Gasteiger partial charge in [-0.05, 0) is 49.4 Å². The summed E-state index contributed by atoms with van der Waals surface area (Å²) in [6, 6.07) is 15.6. The smallest absolute Gasteiger partial charge is 0.261 e. The van der Waals surface area contributed by atoms with Crippen LogP contribution in [0.25, 0.3) is 5.69 Å². The lowest BCUT2D eigenvalue weighted by molar-refractivity contribution is 0.601. The van der Waals surface area contributed by atoms with Crippen LogP contribution in [0, 0.1) is 6.92 Å². The molecule has 1 aromatic heterocycles. The third-order valence-electron chi connectivity index (χ3n) is 3.43. The Balaban J connectivity index is 1.96. The number of hydrogen-bond donors (Lipinski definition) is 1. The minimum absolute atomic E-state index is 0.200. The van der Waals surface area contributed by atoms with E-state index in [4.69, 9.17) is 11.6 Å². The van der Waals surface area contributed by atoms with Gasteiger partial charge in [-0.1, -0.05) is 29.3 Å². The van der Waals surface area contributed by atoms with Gasteiger partial charge in [-0.3, -0.25) is 4.72 Å². The zero-order valence-electron chi connectivity index (χ0n) is 12.4. The standard InChI is InChI=1S/C17H15ClN2O2S/c1-13-4-7-15(8-5-13)23(21,22)19-17-12-14(6-9-16(17)18)20-10-2-3-11-20/h2-12,19H,1H3. The van der Waals surface area contributed by atoms with Crippen molar-refractivity contribution in [3.63, 3.8) is 0 Å². The van der Waals surface area contributed by atoms with Crippen molar-refractivity contribution in [2.75, 3.05) is 4.72 Å². The van der Waals surface area contributed by atoms with Gasteiger partial charge in [0.1, 0.15) is 0 Å². The summed E-state index contributed by atoms with van der Waals surface area (Å²) in [6.07, 6.45) is 3.75. The van der Waals surface area contributed by atoms with Gasteiger partial charge in [-0.15, -0.1) is 0 Å². The molecule has 0 aliphatic heterocycles. The van der Waals surface area contributed by atoms with Gasteiger partial charge in [0, 0.05) is 18.1 Å². The fourth-order valence-corrected chi connectivity index (χ4v) is 3.47. The van der Waals surface area contributed by atoms with Crippen molar-refractivity contribution in [1.29, 1.82) is 0 Å². The van der Waals surface area contributed by atoms with Crippen molar-refractivity contribution in [3.05, 3.63) is 77.6 Å². The maximum absolute atomic E-state index is 12.5. The summed E-state index contributed by atoms with van der Waals surface area (Å²) in [5.74, 6) is 0. The minimum Gasteiger partial charge on any atom is -0.324 e. The summed E-state index contributed by atoms with van der Waals surface area (Å²) in [4.78, 5) is 0.200. The fourth-order valence-electron chi connectivity index (χ4n) is 2.18. The molecule has 2 aromatic carbocycles. The molecule has 1 N–H and O–H groups in total. The van der Waals surface area contributed by atoms with Crippen molar-refractivity contribution in [2.24, 2.45) is 0 Å². The van der Waals surface area contributed by atoms with Crippen LogP contribution in [-0.2, 0) is 10.0 Å². The van der Waals surface area contributed by atoms with E-state index in [1.807, 2.05) is 42.1 Å². The summed E-state index contributed by atoms with van der Waals surface area (Å²) < 4.78 is 29.4. The van der Waals surface area contributed by atoms with Gasteiger partial charge in [-0.25, -0.2) is 8.42 Å². The lowest BCUT2D eigenvalue weighted by atomic mass is 10.2. The van der Waals surface area contributed by atoms with Crippen LogP contribution in [-0.4, -0.2) is 13.0 Å². The van der Waals surface area contributed by atoms with E-state index in [1.165, 1.54) is 0 Å². The molecule has 1 heterocycles. The Morgan fingerprint density at radius 3 is 2.30 bits per heavy atom. The Labute approximate surface area is 140 Å². The van der Waals surface area contributed by atoms with E-state index in [9.17, 15) is 8.42 Å². The summed E-state index contributed by atoms with van der Waals surface area (Å²) in [5.41, 5.74) is 2.16. The molecule has 4 nitrogen and oxygen atoms in total. The monoisotopic (exact) mass is 346 g/mol. The first-order valence-corrected chi connectivity index (χ1v) is 8.84. The zero-order valence-corrected chi connectivity index (χ0v) is 14.0. The predicted octanol–water partition coefficient (Wildman–Crippen LogP) is 4.24. The van der Waals surface area contributed by atoms with Gasteiger partial charge >= 0.3 is 0 Å². The molecular formula is C17H15ClN2O2S. The van der Waals surface area contributed by atoms with E-state index < -0.39 is 10.0 Å². The fraction of sp³-hybridized carbons (Fsp3) is 0.0588. The van der Waals surface area contributed by atoms with E-state index >= 15 is 0 Å². The number of nitrogens with zero attached hydrogens (tertiary/aromatic N) is 1. The van der Waals surface area contributed by atoms with Crippen LogP contribution in [0.4, 0.5) is 5.69 Å². The second kappa shape index (κ2) is 6.10. The number of aromatic nitrogens is 1. The topological polar surface area (TPSA) is 51.1 Å². The van der Waals surface area contributed by atoms with Crippen LogP contribution in [0.1, 0.15) is 5.56 Å². The molecule has 0 unspecified atom stereocenters. The lowest BCUT2D eigenvalue weighted by Gasteiger charge is -2.12. The normalized spacial score (nSPS) is 11.4. The van der Waals surface area contributed by atoms with Crippen molar-refractivity contribution in [2.45, 2.75) is 11.8 Å². The van der Waals surface area contributed by atoms with E-state index in [-0.39, 0.29) is 4.90 Å². The largest absolute Gasteiger partial charge is 0.324 e. The highest BCUT2D eigenvalue weighted by Gasteiger charge is 2.16. The number of aryl methyl sites for hydroxylation is 1. The third-order valence-corrected chi connectivity index (χ3v) is 5.14. The summed E-state index contributed by atoms with van der Waals surface area (Å²) in [7, 11) is -3.68. The molecule has 0 atom stereocenters. The number of halogens is 1. The summed E-state index contributed by atoms with van der Waals surface area (Å²) >= 11 is 6.14. The number of rotatable bonds is 4. The maximum atomic E-state index is 12.5. The summed E-state index contributed by atoms with van der Waals surface area (Å²) in [6.45, 7) is 1.90. The molecule has 0 aliphatic rings. The highest BCUT2D eigenvalue weighted by molar-refractivity contribution is 7.92. The first kappa shape index (κ1) is 15.6. The van der Waals surface area contributed by atoms with Crippen LogP contribution in [0.2, 0.25) is 5.02 Å². The maximum Gasteiger partial charge on any atom is 0.261 e. The first-order chi connectivity index (χ1) is 11.0. The molecule has 3 aromatic rings. The molecule has 0 spiro atoms. The van der Waals surface area contributed by atoms with Crippen LogP contribution >= 0.6 is 11.6 Å². The second-order valence-corrected chi connectivity index (χ2v) is 7.26. The Kier molecular flexibility index (Phi) is 4.15. The Morgan fingerprint density at radius 2 is 1.65 bits per heavy atom. The van der Waals surface area contributed by atoms with Gasteiger partial charge in [0.2, 0.25) is 0 Å². The van der Waals surface area contributed by atoms with Gasteiger partial charge in [0.05, 0.1) is 15.6 Å². The Bertz CT molecular complexity index is 918. The zero-order chi connectivity index (χ0) is 16.4. The molecule has 6 heteroatoms. The SMILES string of the molecule is Cc1ccc(S(=O)(=O)Nc2cc(-n3cccc3)ccc2Cl)cc1. The van der Waals surface area contributed by atoms with E-state index in [2.05, 4.69) is 4.72 Å². The molecule has 0 radical (unpaired) electrons. The van der Waals surface area contributed by atoms with E-state index in [1.54, 1.807) is 36.4 Å². The quantitative estimate of drug-likeness (QED) is 0.768. The molecule has 23 heavy (non-hydrogen) atoms. The van der Waals surface area contributed by atoms with Crippen LogP contribution in [0.5, 0.6) is 0 Å². The second-order valence-electron chi connectivity index (χ2n) is 5.17. The van der Waals surface area contributed by atoms with Gasteiger partial charge < -0.3 is 4.57 Å².